The van der Waals surface area contributed by atoms with Crippen molar-refractivity contribution in [1.29, 1.82) is 0 Å². The standard InChI is InChI=1S/C23H14ClN3O3S/c24-15-5-3-4-14(12-15)20(28)18-19(13-8-10-25-11-9-13)27(22(30)21(18)29)23-26-16-6-1-2-7-17(16)31-23/h1-12,19,28H/b20-18+. The van der Waals surface area contributed by atoms with Crippen LogP contribution in [0.2, 0.25) is 5.02 Å². The Balaban J connectivity index is 1.74. The number of aromatic nitrogens is 2. The van der Waals surface area contributed by atoms with E-state index in [4.69, 9.17) is 11.6 Å². The van der Waals surface area contributed by atoms with Gasteiger partial charge in [0.2, 0.25) is 0 Å². The Labute approximate surface area is 186 Å². The highest BCUT2D eigenvalue weighted by Gasteiger charge is 2.48. The second-order valence-corrected chi connectivity index (χ2v) is 8.37. The fourth-order valence-electron chi connectivity index (χ4n) is 3.65. The fourth-order valence-corrected chi connectivity index (χ4v) is 4.83. The van der Waals surface area contributed by atoms with Gasteiger partial charge in [0.1, 0.15) is 5.76 Å². The molecule has 1 saturated heterocycles. The highest BCUT2D eigenvalue weighted by atomic mass is 35.5. The molecule has 1 amide bonds. The van der Waals surface area contributed by atoms with Crippen LogP contribution in [0.25, 0.3) is 16.0 Å². The minimum absolute atomic E-state index is 0.0160. The number of para-hydroxylation sites is 1. The number of ketones is 1. The normalized spacial score (nSPS) is 18.1. The van der Waals surface area contributed by atoms with Gasteiger partial charge < -0.3 is 5.11 Å². The van der Waals surface area contributed by atoms with Crippen molar-refractivity contribution in [2.24, 2.45) is 0 Å². The summed E-state index contributed by atoms with van der Waals surface area (Å²) in [6.07, 6.45) is 3.15. The van der Waals surface area contributed by atoms with Crippen molar-refractivity contribution in [1.82, 2.24) is 9.97 Å². The Kier molecular flexibility index (Phi) is 4.77. The topological polar surface area (TPSA) is 83.4 Å². The number of fused-ring (bicyclic) bond motifs is 1. The van der Waals surface area contributed by atoms with Crippen LogP contribution in [0.1, 0.15) is 17.2 Å². The quantitative estimate of drug-likeness (QED) is 0.272. The Bertz CT molecular complexity index is 1330. The molecule has 2 aromatic carbocycles. The lowest BCUT2D eigenvalue weighted by Crippen LogP contribution is -2.29. The van der Waals surface area contributed by atoms with E-state index in [1.54, 1.807) is 48.8 Å². The molecule has 0 radical (unpaired) electrons. The Hall–Kier alpha value is -3.55. The van der Waals surface area contributed by atoms with Gasteiger partial charge in [-0.15, -0.1) is 0 Å². The molecule has 1 atom stereocenters. The Morgan fingerprint density at radius 2 is 1.81 bits per heavy atom. The van der Waals surface area contributed by atoms with Crippen molar-refractivity contribution in [3.05, 3.63) is 94.8 Å². The van der Waals surface area contributed by atoms with Gasteiger partial charge in [0.25, 0.3) is 5.78 Å². The van der Waals surface area contributed by atoms with Crippen LogP contribution in [-0.2, 0) is 9.59 Å². The molecule has 0 aliphatic carbocycles. The van der Waals surface area contributed by atoms with Gasteiger partial charge >= 0.3 is 5.91 Å². The van der Waals surface area contributed by atoms with E-state index in [2.05, 4.69) is 9.97 Å². The number of benzene rings is 2. The summed E-state index contributed by atoms with van der Waals surface area (Å²) in [5.74, 6) is -1.81. The summed E-state index contributed by atoms with van der Waals surface area (Å²) in [5.41, 5.74) is 1.70. The number of anilines is 1. The number of thiazole rings is 1. The molecule has 5 rings (SSSR count). The number of rotatable bonds is 3. The van der Waals surface area contributed by atoms with Gasteiger partial charge in [0.15, 0.2) is 5.13 Å². The summed E-state index contributed by atoms with van der Waals surface area (Å²) < 4.78 is 0.891. The number of hydrogen-bond acceptors (Lipinski definition) is 6. The van der Waals surface area contributed by atoms with Gasteiger partial charge in [-0.25, -0.2) is 4.98 Å². The molecule has 1 unspecified atom stereocenters. The highest BCUT2D eigenvalue weighted by molar-refractivity contribution is 7.22. The Morgan fingerprint density at radius 1 is 1.03 bits per heavy atom. The first-order chi connectivity index (χ1) is 15.0. The van der Waals surface area contributed by atoms with Gasteiger partial charge in [-0.05, 0) is 42.0 Å². The first kappa shape index (κ1) is 19.4. The lowest BCUT2D eigenvalue weighted by atomic mass is 9.96. The fraction of sp³-hybridized carbons (Fsp3) is 0.0435. The highest BCUT2D eigenvalue weighted by Crippen LogP contribution is 2.44. The first-order valence-corrected chi connectivity index (χ1v) is 10.6. The molecule has 8 heteroatoms. The molecular weight excluding hydrogens is 434 g/mol. The van der Waals surface area contributed by atoms with Crippen LogP contribution in [0.4, 0.5) is 5.13 Å². The summed E-state index contributed by atoms with van der Waals surface area (Å²) in [6.45, 7) is 0. The van der Waals surface area contributed by atoms with E-state index >= 15 is 0 Å². The molecule has 152 valence electrons. The third-order valence-electron chi connectivity index (χ3n) is 5.05. The zero-order valence-corrected chi connectivity index (χ0v) is 17.5. The number of amides is 1. The second kappa shape index (κ2) is 7.61. The number of carbonyl (C=O) groups excluding carboxylic acids is 2. The third-order valence-corrected chi connectivity index (χ3v) is 6.32. The Morgan fingerprint density at radius 3 is 2.55 bits per heavy atom. The SMILES string of the molecule is O=C1C(=O)N(c2nc3ccccc3s2)C(c2ccncc2)/C1=C(\O)c1cccc(Cl)c1. The summed E-state index contributed by atoms with van der Waals surface area (Å²) in [7, 11) is 0. The maximum Gasteiger partial charge on any atom is 0.301 e. The number of Topliss-reactive ketones (excluding diaryl/α,β-unsaturated/α-hetero) is 1. The molecular formula is C23H14ClN3O3S. The van der Waals surface area contributed by atoms with Crippen LogP contribution in [0.15, 0.2) is 78.6 Å². The average Bonchev–Trinajstić information content (AvgIpc) is 3.32. The molecule has 1 aliphatic rings. The number of pyridine rings is 1. The van der Waals surface area contributed by atoms with E-state index in [1.807, 2.05) is 24.3 Å². The van der Waals surface area contributed by atoms with Crippen molar-refractivity contribution in [3.63, 3.8) is 0 Å². The minimum atomic E-state index is -0.845. The molecule has 0 saturated carbocycles. The molecule has 0 bridgehead atoms. The number of carbonyl (C=O) groups is 2. The molecule has 2 aromatic heterocycles. The van der Waals surface area contributed by atoms with Crippen molar-refractivity contribution in [3.8, 4) is 0 Å². The van der Waals surface area contributed by atoms with Crippen LogP contribution in [0, 0.1) is 0 Å². The molecule has 0 spiro atoms. The summed E-state index contributed by atoms with van der Waals surface area (Å²) in [6, 6.07) is 16.6. The monoisotopic (exact) mass is 447 g/mol. The first-order valence-electron chi connectivity index (χ1n) is 9.37. The predicted octanol–water partition coefficient (Wildman–Crippen LogP) is 4.97. The molecule has 4 aromatic rings. The van der Waals surface area contributed by atoms with Gasteiger partial charge in [0.05, 0.1) is 21.8 Å². The number of hydrogen-bond donors (Lipinski definition) is 1. The average molecular weight is 448 g/mol. The molecule has 3 heterocycles. The second-order valence-electron chi connectivity index (χ2n) is 6.92. The predicted molar refractivity (Wildman–Crippen MR) is 120 cm³/mol. The van der Waals surface area contributed by atoms with Gasteiger partial charge in [0, 0.05) is 23.0 Å². The van der Waals surface area contributed by atoms with Gasteiger partial charge in [-0.2, -0.15) is 0 Å². The zero-order valence-electron chi connectivity index (χ0n) is 15.9. The minimum Gasteiger partial charge on any atom is -0.507 e. The molecule has 1 N–H and O–H groups in total. The zero-order chi connectivity index (χ0) is 21.5. The number of aliphatic hydroxyl groups is 1. The van der Waals surface area contributed by atoms with Gasteiger partial charge in [-0.3, -0.25) is 19.5 Å². The lowest BCUT2D eigenvalue weighted by Gasteiger charge is -2.22. The summed E-state index contributed by atoms with van der Waals surface area (Å²) >= 11 is 7.38. The maximum atomic E-state index is 13.1. The number of nitrogens with zero attached hydrogens (tertiary/aromatic N) is 3. The molecule has 31 heavy (non-hydrogen) atoms. The van der Waals surface area contributed by atoms with E-state index < -0.39 is 17.7 Å². The van der Waals surface area contributed by atoms with E-state index in [9.17, 15) is 14.7 Å². The van der Waals surface area contributed by atoms with E-state index in [0.29, 0.717) is 21.3 Å². The molecule has 1 fully saturated rings. The van der Waals surface area contributed by atoms with Crippen LogP contribution in [0.5, 0.6) is 0 Å². The number of aliphatic hydroxyl groups excluding tert-OH is 1. The van der Waals surface area contributed by atoms with Crippen LogP contribution >= 0.6 is 22.9 Å². The molecule has 1 aliphatic heterocycles. The maximum absolute atomic E-state index is 13.1. The van der Waals surface area contributed by atoms with Crippen LogP contribution < -0.4 is 4.90 Å². The van der Waals surface area contributed by atoms with E-state index in [1.165, 1.54) is 16.2 Å². The van der Waals surface area contributed by atoms with Crippen molar-refractivity contribution < 1.29 is 14.7 Å². The van der Waals surface area contributed by atoms with Gasteiger partial charge in [-0.1, -0.05) is 47.2 Å². The van der Waals surface area contributed by atoms with E-state index in [0.717, 1.165) is 10.2 Å². The van der Waals surface area contributed by atoms with Crippen molar-refractivity contribution >= 4 is 55.7 Å². The number of halogens is 1. The smallest absolute Gasteiger partial charge is 0.301 e. The van der Waals surface area contributed by atoms with E-state index in [-0.39, 0.29) is 11.3 Å². The third kappa shape index (κ3) is 3.28. The van der Waals surface area contributed by atoms with Crippen molar-refractivity contribution in [2.45, 2.75) is 6.04 Å². The largest absolute Gasteiger partial charge is 0.507 e. The van der Waals surface area contributed by atoms with Crippen LogP contribution in [0.3, 0.4) is 0 Å². The van der Waals surface area contributed by atoms with Crippen molar-refractivity contribution in [2.75, 3.05) is 4.90 Å². The van der Waals surface area contributed by atoms with Crippen LogP contribution in [-0.4, -0.2) is 26.8 Å². The lowest BCUT2D eigenvalue weighted by molar-refractivity contribution is -0.132. The molecule has 6 nitrogen and oxygen atoms in total. The summed E-state index contributed by atoms with van der Waals surface area (Å²) in [4.78, 5) is 36.2. The summed E-state index contributed by atoms with van der Waals surface area (Å²) in [5, 5.41) is 11.8.